The van der Waals surface area contributed by atoms with Gasteiger partial charge in [-0.1, -0.05) is 26.2 Å². The van der Waals surface area contributed by atoms with Gasteiger partial charge < -0.3 is 4.74 Å². The van der Waals surface area contributed by atoms with Gasteiger partial charge in [0.25, 0.3) is 0 Å². The zero-order chi connectivity index (χ0) is 12.0. The normalized spacial score (nSPS) is 24.8. The molecule has 0 radical (unpaired) electrons. The Balaban J connectivity index is 2.42. The zero-order valence-electron chi connectivity index (χ0n) is 10.3. The number of carbonyl (C=O) groups excluding carboxylic acids is 2. The van der Waals surface area contributed by atoms with Gasteiger partial charge in [0.15, 0.2) is 0 Å². The van der Waals surface area contributed by atoms with Gasteiger partial charge in [-0.15, -0.1) is 0 Å². The lowest BCUT2D eigenvalue weighted by atomic mass is 9.88. The molecule has 0 amide bonds. The van der Waals surface area contributed by atoms with Gasteiger partial charge in [-0.3, -0.25) is 9.59 Å². The second-order valence-corrected chi connectivity index (χ2v) is 4.65. The molecule has 0 N–H and O–H groups in total. The summed E-state index contributed by atoms with van der Waals surface area (Å²) >= 11 is 0. The molecule has 1 aliphatic carbocycles. The number of methoxy groups -OCH3 is 1. The first-order valence-corrected chi connectivity index (χ1v) is 6.28. The molecular weight excluding hydrogens is 204 g/mol. The number of hydrogen-bond acceptors (Lipinski definition) is 3. The molecule has 92 valence electrons. The number of Topliss-reactive ketones (excluding diaryl/α,β-unsaturated/α-hetero) is 1. The Morgan fingerprint density at radius 3 is 2.81 bits per heavy atom. The number of rotatable bonds is 6. The maximum absolute atomic E-state index is 11.7. The van der Waals surface area contributed by atoms with Gasteiger partial charge in [0.1, 0.15) is 5.78 Å². The van der Waals surface area contributed by atoms with E-state index in [0.717, 1.165) is 19.3 Å². The highest BCUT2D eigenvalue weighted by molar-refractivity contribution is 5.84. The van der Waals surface area contributed by atoms with Crippen molar-refractivity contribution in [3.8, 4) is 0 Å². The van der Waals surface area contributed by atoms with Crippen LogP contribution >= 0.6 is 0 Å². The molecule has 0 aromatic carbocycles. The molecule has 1 aliphatic rings. The molecule has 1 fully saturated rings. The van der Waals surface area contributed by atoms with Crippen LogP contribution in [0.15, 0.2) is 0 Å². The van der Waals surface area contributed by atoms with Crippen molar-refractivity contribution in [2.24, 2.45) is 11.8 Å². The maximum atomic E-state index is 11.7. The van der Waals surface area contributed by atoms with Crippen LogP contribution in [-0.2, 0) is 14.3 Å². The van der Waals surface area contributed by atoms with E-state index in [2.05, 4.69) is 11.7 Å². The van der Waals surface area contributed by atoms with Crippen LogP contribution in [0, 0.1) is 11.8 Å². The van der Waals surface area contributed by atoms with E-state index in [1.54, 1.807) is 0 Å². The molecule has 3 heteroatoms. The largest absolute Gasteiger partial charge is 0.469 e. The van der Waals surface area contributed by atoms with Gasteiger partial charge in [0, 0.05) is 18.8 Å². The van der Waals surface area contributed by atoms with Gasteiger partial charge >= 0.3 is 5.97 Å². The summed E-state index contributed by atoms with van der Waals surface area (Å²) in [6.07, 6.45) is 6.33. The number of ether oxygens (including phenoxy) is 1. The van der Waals surface area contributed by atoms with E-state index in [-0.39, 0.29) is 17.8 Å². The van der Waals surface area contributed by atoms with Gasteiger partial charge in [-0.25, -0.2) is 0 Å². The number of hydrogen-bond donors (Lipinski definition) is 0. The van der Waals surface area contributed by atoms with Gasteiger partial charge in [-0.2, -0.15) is 0 Å². The second kappa shape index (κ2) is 6.66. The van der Waals surface area contributed by atoms with Crippen molar-refractivity contribution in [2.75, 3.05) is 7.11 Å². The fraction of sp³-hybridized carbons (Fsp3) is 0.846. The van der Waals surface area contributed by atoms with Crippen molar-refractivity contribution in [1.82, 2.24) is 0 Å². The summed E-state index contributed by atoms with van der Waals surface area (Å²) in [6, 6.07) is 0. The lowest BCUT2D eigenvalue weighted by molar-refractivity contribution is -0.142. The smallest absolute Gasteiger partial charge is 0.305 e. The minimum Gasteiger partial charge on any atom is -0.469 e. The van der Waals surface area contributed by atoms with Crippen LogP contribution in [0.1, 0.15) is 51.9 Å². The van der Waals surface area contributed by atoms with Crippen molar-refractivity contribution in [1.29, 1.82) is 0 Å². The summed E-state index contributed by atoms with van der Waals surface area (Å²) in [6.45, 7) is 2.16. The summed E-state index contributed by atoms with van der Waals surface area (Å²) < 4.78 is 4.67. The van der Waals surface area contributed by atoms with Gasteiger partial charge in [-0.05, 0) is 18.8 Å². The first kappa shape index (κ1) is 13.2. The number of carbonyl (C=O) groups is 2. The number of ketones is 1. The first-order valence-electron chi connectivity index (χ1n) is 6.28. The second-order valence-electron chi connectivity index (χ2n) is 4.65. The van der Waals surface area contributed by atoms with Crippen molar-refractivity contribution in [3.05, 3.63) is 0 Å². The molecule has 0 aromatic rings. The van der Waals surface area contributed by atoms with Gasteiger partial charge in [0.05, 0.1) is 7.11 Å². The maximum Gasteiger partial charge on any atom is 0.305 e. The van der Waals surface area contributed by atoms with Crippen LogP contribution in [0.2, 0.25) is 0 Å². The van der Waals surface area contributed by atoms with E-state index in [9.17, 15) is 9.59 Å². The fourth-order valence-corrected chi connectivity index (χ4v) is 2.53. The third-order valence-electron chi connectivity index (χ3n) is 3.52. The van der Waals surface area contributed by atoms with E-state index in [1.807, 2.05) is 0 Å². The fourth-order valence-electron chi connectivity index (χ4n) is 2.53. The minimum atomic E-state index is -0.180. The van der Waals surface area contributed by atoms with E-state index < -0.39 is 0 Å². The van der Waals surface area contributed by atoms with E-state index >= 15 is 0 Å². The highest BCUT2D eigenvalue weighted by Gasteiger charge is 2.35. The molecule has 0 unspecified atom stereocenters. The lowest BCUT2D eigenvalue weighted by Crippen LogP contribution is -2.18. The molecule has 2 atom stereocenters. The minimum absolute atomic E-state index is 0.116. The Morgan fingerprint density at radius 1 is 1.44 bits per heavy atom. The summed E-state index contributed by atoms with van der Waals surface area (Å²) in [7, 11) is 1.41. The summed E-state index contributed by atoms with van der Waals surface area (Å²) in [4.78, 5) is 22.9. The lowest BCUT2D eigenvalue weighted by Gasteiger charge is -2.16. The van der Waals surface area contributed by atoms with Crippen molar-refractivity contribution in [2.45, 2.75) is 51.9 Å². The molecule has 1 rings (SSSR count). The molecule has 1 saturated carbocycles. The molecule has 0 aliphatic heterocycles. The standard InChI is InChI=1S/C13H22O3/c1-3-4-5-6-11-10(7-8-12(11)14)9-13(15)16-2/h10-11H,3-9H2,1-2H3/t10-,11+/m1/s1. The summed E-state index contributed by atoms with van der Waals surface area (Å²) in [5, 5.41) is 0. The summed E-state index contributed by atoms with van der Waals surface area (Å²) in [5.41, 5.74) is 0. The van der Waals surface area contributed by atoms with Gasteiger partial charge in [0.2, 0.25) is 0 Å². The third kappa shape index (κ3) is 3.62. The Hall–Kier alpha value is -0.860. The van der Waals surface area contributed by atoms with Crippen LogP contribution in [0.4, 0.5) is 0 Å². The topological polar surface area (TPSA) is 43.4 Å². The predicted octanol–water partition coefficient (Wildman–Crippen LogP) is 2.73. The molecule has 16 heavy (non-hydrogen) atoms. The molecule has 3 nitrogen and oxygen atoms in total. The van der Waals surface area contributed by atoms with E-state index in [0.29, 0.717) is 18.6 Å². The molecule has 0 aromatic heterocycles. The number of esters is 1. The zero-order valence-corrected chi connectivity index (χ0v) is 10.3. The van der Waals surface area contributed by atoms with Crippen LogP contribution in [0.5, 0.6) is 0 Å². The third-order valence-corrected chi connectivity index (χ3v) is 3.52. The SMILES string of the molecule is CCCCC[C@@H]1C(=O)CC[C@@H]1CC(=O)OC. The Morgan fingerprint density at radius 2 is 2.19 bits per heavy atom. The Labute approximate surface area is 97.5 Å². The van der Waals surface area contributed by atoms with Crippen molar-refractivity contribution in [3.63, 3.8) is 0 Å². The van der Waals surface area contributed by atoms with Crippen LogP contribution in [-0.4, -0.2) is 18.9 Å². The molecule has 0 heterocycles. The molecule has 0 spiro atoms. The molecular formula is C13H22O3. The first-order chi connectivity index (χ1) is 7.69. The van der Waals surface area contributed by atoms with Crippen LogP contribution < -0.4 is 0 Å². The average Bonchev–Trinajstić information content (AvgIpc) is 2.61. The molecule has 0 saturated heterocycles. The Kier molecular flexibility index (Phi) is 5.50. The average molecular weight is 226 g/mol. The predicted molar refractivity (Wildman–Crippen MR) is 62.0 cm³/mol. The summed E-state index contributed by atoms with van der Waals surface area (Å²) in [5.74, 6) is 0.521. The Bertz CT molecular complexity index is 248. The quantitative estimate of drug-likeness (QED) is 0.516. The van der Waals surface area contributed by atoms with E-state index in [4.69, 9.17) is 0 Å². The molecule has 0 bridgehead atoms. The van der Waals surface area contributed by atoms with Crippen molar-refractivity contribution < 1.29 is 14.3 Å². The van der Waals surface area contributed by atoms with Crippen LogP contribution in [0.25, 0.3) is 0 Å². The highest BCUT2D eigenvalue weighted by Crippen LogP contribution is 2.35. The monoisotopic (exact) mass is 226 g/mol. The van der Waals surface area contributed by atoms with E-state index in [1.165, 1.54) is 20.0 Å². The highest BCUT2D eigenvalue weighted by atomic mass is 16.5. The number of unbranched alkanes of at least 4 members (excludes halogenated alkanes) is 2. The van der Waals surface area contributed by atoms with Crippen molar-refractivity contribution >= 4 is 11.8 Å². The van der Waals surface area contributed by atoms with Crippen LogP contribution in [0.3, 0.4) is 0 Å².